The molecule has 1 N–H and O–H groups in total. The van der Waals surface area contributed by atoms with Gasteiger partial charge in [0.15, 0.2) is 0 Å². The smallest absolute Gasteiger partial charge is 0.291 e. The number of hydrogen-bond donors (Lipinski definition) is 1. The zero-order valence-electron chi connectivity index (χ0n) is 17.3. The predicted octanol–water partition coefficient (Wildman–Crippen LogP) is 6.01. The first-order chi connectivity index (χ1) is 14.7. The number of halogens is 2. The van der Waals surface area contributed by atoms with Crippen LogP contribution in [0.15, 0.2) is 53.9 Å². The monoisotopic (exact) mass is 483 g/mol. The Bertz CT molecular complexity index is 989. The van der Waals surface area contributed by atoms with Crippen molar-refractivity contribution in [3.05, 3.63) is 85.9 Å². The van der Waals surface area contributed by atoms with Crippen molar-refractivity contribution in [3.8, 4) is 5.75 Å². The number of nitrogens with zero attached hydrogens (tertiary/aromatic N) is 3. The highest BCUT2D eigenvalue weighted by Crippen LogP contribution is 2.32. The summed E-state index contributed by atoms with van der Waals surface area (Å²) in [5.41, 5.74) is 3.57. The van der Waals surface area contributed by atoms with Gasteiger partial charge in [0.25, 0.3) is 5.09 Å². The van der Waals surface area contributed by atoms with Crippen LogP contribution in [0.25, 0.3) is 0 Å². The third-order valence-corrected chi connectivity index (χ3v) is 6.07. The molecule has 3 aromatic rings. The molecule has 3 rings (SSSR count). The first-order valence-corrected chi connectivity index (χ1v) is 10.9. The van der Waals surface area contributed by atoms with Gasteiger partial charge in [-0.2, -0.15) is 0 Å². The summed E-state index contributed by atoms with van der Waals surface area (Å²) in [5.74, 6) is 0.964. The molecule has 1 heterocycles. The number of aromatic nitrogens is 2. The Morgan fingerprint density at radius 3 is 2.39 bits per heavy atom. The van der Waals surface area contributed by atoms with E-state index in [2.05, 4.69) is 42.5 Å². The molecular formula is C21H23Cl2N3O4S. The lowest BCUT2D eigenvalue weighted by Crippen LogP contribution is -2.21. The van der Waals surface area contributed by atoms with Gasteiger partial charge in [-0.1, -0.05) is 40.9 Å². The van der Waals surface area contributed by atoms with Crippen molar-refractivity contribution in [1.82, 2.24) is 9.55 Å². The van der Waals surface area contributed by atoms with Crippen molar-refractivity contribution >= 4 is 35.0 Å². The molecular weight excluding hydrogens is 461 g/mol. The van der Waals surface area contributed by atoms with Crippen LogP contribution in [0, 0.1) is 30.9 Å². The second-order valence-corrected chi connectivity index (χ2v) is 9.04. The number of ether oxygens (including phenoxy) is 1. The molecule has 7 nitrogen and oxygen atoms in total. The Labute approximate surface area is 195 Å². The molecule has 0 saturated heterocycles. The highest BCUT2D eigenvalue weighted by molar-refractivity contribution is 8.00. The average Bonchev–Trinajstić information content (AvgIpc) is 3.16. The van der Waals surface area contributed by atoms with E-state index in [9.17, 15) is 0 Å². The van der Waals surface area contributed by atoms with Gasteiger partial charge >= 0.3 is 0 Å². The maximum Gasteiger partial charge on any atom is 0.291 e. The molecule has 0 aliphatic rings. The van der Waals surface area contributed by atoms with Crippen molar-refractivity contribution in [2.45, 2.75) is 37.5 Å². The van der Waals surface area contributed by atoms with Gasteiger partial charge in [-0.3, -0.25) is 0 Å². The topological polar surface area (TPSA) is 90.4 Å². The highest BCUT2D eigenvalue weighted by Gasteiger charge is 2.15. The SMILES string of the molecule is Cc1cc(C)c(OCC(Cn2ccnc2)Sc2ccc(Cl)c(Cl)c2)c(C)c1.O=[N+]([O-])O. The standard InChI is InChI=1S/C21H22Cl2N2OS.HNO3/c1-14-8-15(2)21(16(3)9-14)26-12-18(11-25-7-6-24-13-25)27-17-4-5-19(22)20(23)10-17;2-1(3)4/h4-10,13,18H,11-12H2,1-3H3;(H,2,3,4). The summed E-state index contributed by atoms with van der Waals surface area (Å²) in [7, 11) is 0. The summed E-state index contributed by atoms with van der Waals surface area (Å²) in [5, 5.41) is 15.0. The molecule has 0 fully saturated rings. The minimum atomic E-state index is -1.50. The number of imidazole rings is 1. The summed E-state index contributed by atoms with van der Waals surface area (Å²) in [6.45, 7) is 7.65. The molecule has 0 bridgehead atoms. The molecule has 31 heavy (non-hydrogen) atoms. The molecule has 1 atom stereocenters. The molecule has 0 amide bonds. The van der Waals surface area contributed by atoms with Crippen LogP contribution < -0.4 is 4.74 Å². The molecule has 0 spiro atoms. The largest absolute Gasteiger partial charge is 0.492 e. The van der Waals surface area contributed by atoms with E-state index in [0.717, 1.165) is 28.3 Å². The average molecular weight is 484 g/mol. The van der Waals surface area contributed by atoms with E-state index in [1.54, 1.807) is 18.0 Å². The predicted molar refractivity (Wildman–Crippen MR) is 123 cm³/mol. The molecule has 0 aliphatic heterocycles. The minimum Gasteiger partial charge on any atom is -0.492 e. The highest BCUT2D eigenvalue weighted by atomic mass is 35.5. The Balaban J connectivity index is 0.000000785. The summed E-state index contributed by atoms with van der Waals surface area (Å²) in [6, 6.07) is 10.0. The summed E-state index contributed by atoms with van der Waals surface area (Å²) < 4.78 is 8.31. The molecule has 1 unspecified atom stereocenters. The van der Waals surface area contributed by atoms with Gasteiger partial charge in [0.05, 0.1) is 21.6 Å². The van der Waals surface area contributed by atoms with Crippen LogP contribution in [0.2, 0.25) is 10.0 Å². The fourth-order valence-corrected chi connectivity index (χ4v) is 4.53. The summed E-state index contributed by atoms with van der Waals surface area (Å²) >= 11 is 13.9. The maximum absolute atomic E-state index is 8.36. The molecule has 0 radical (unpaired) electrons. The zero-order chi connectivity index (χ0) is 23.0. The van der Waals surface area contributed by atoms with Gasteiger partial charge in [-0.15, -0.1) is 21.9 Å². The van der Waals surface area contributed by atoms with Gasteiger partial charge in [-0.25, -0.2) is 4.98 Å². The maximum atomic E-state index is 8.36. The van der Waals surface area contributed by atoms with Crippen LogP contribution in [0.5, 0.6) is 5.75 Å². The normalized spacial score (nSPS) is 11.4. The summed E-state index contributed by atoms with van der Waals surface area (Å²) in [4.78, 5) is 13.6. The van der Waals surface area contributed by atoms with Gasteiger partial charge in [0.2, 0.25) is 0 Å². The molecule has 1 aromatic heterocycles. The Morgan fingerprint density at radius 2 is 1.84 bits per heavy atom. The molecule has 2 aromatic carbocycles. The first-order valence-electron chi connectivity index (χ1n) is 9.27. The van der Waals surface area contributed by atoms with E-state index in [1.165, 1.54) is 5.56 Å². The van der Waals surface area contributed by atoms with E-state index in [4.69, 9.17) is 43.3 Å². The molecule has 0 aliphatic carbocycles. The minimum absolute atomic E-state index is 0.191. The van der Waals surface area contributed by atoms with Crippen LogP contribution in [0.1, 0.15) is 16.7 Å². The number of benzene rings is 2. The Kier molecular flexibility index (Phi) is 9.48. The Hall–Kier alpha value is -2.42. The third-order valence-electron chi connectivity index (χ3n) is 4.19. The lowest BCUT2D eigenvalue weighted by atomic mass is 10.1. The van der Waals surface area contributed by atoms with E-state index in [-0.39, 0.29) is 5.25 Å². The summed E-state index contributed by atoms with van der Waals surface area (Å²) in [6.07, 6.45) is 5.57. The van der Waals surface area contributed by atoms with Crippen molar-refractivity contribution in [2.24, 2.45) is 0 Å². The van der Waals surface area contributed by atoms with Crippen molar-refractivity contribution in [2.75, 3.05) is 6.61 Å². The van der Waals surface area contributed by atoms with Crippen LogP contribution in [0.3, 0.4) is 0 Å². The van der Waals surface area contributed by atoms with E-state index < -0.39 is 5.09 Å². The molecule has 0 saturated carbocycles. The second kappa shape index (κ2) is 11.8. The number of hydrogen-bond acceptors (Lipinski definition) is 5. The van der Waals surface area contributed by atoms with E-state index in [1.807, 2.05) is 30.7 Å². The van der Waals surface area contributed by atoms with Crippen LogP contribution in [-0.4, -0.2) is 31.7 Å². The number of rotatable bonds is 7. The molecule has 10 heteroatoms. The van der Waals surface area contributed by atoms with Crippen molar-refractivity contribution in [1.29, 1.82) is 0 Å². The van der Waals surface area contributed by atoms with Crippen LogP contribution in [0.4, 0.5) is 0 Å². The van der Waals surface area contributed by atoms with Crippen molar-refractivity contribution < 1.29 is 15.0 Å². The van der Waals surface area contributed by atoms with E-state index in [0.29, 0.717) is 16.7 Å². The Morgan fingerprint density at radius 1 is 1.19 bits per heavy atom. The van der Waals surface area contributed by atoms with Gasteiger partial charge in [0, 0.05) is 23.8 Å². The lowest BCUT2D eigenvalue weighted by molar-refractivity contribution is -0.742. The van der Waals surface area contributed by atoms with Gasteiger partial charge in [0.1, 0.15) is 12.4 Å². The number of aryl methyl sites for hydroxylation is 3. The third kappa shape index (κ3) is 8.32. The van der Waals surface area contributed by atoms with Crippen molar-refractivity contribution in [3.63, 3.8) is 0 Å². The fourth-order valence-electron chi connectivity index (χ4n) is 3.07. The van der Waals surface area contributed by atoms with Gasteiger partial charge in [-0.05, 0) is 50.1 Å². The van der Waals surface area contributed by atoms with Gasteiger partial charge < -0.3 is 14.5 Å². The fraction of sp³-hybridized carbons (Fsp3) is 0.286. The molecule has 166 valence electrons. The second-order valence-electron chi connectivity index (χ2n) is 6.85. The van der Waals surface area contributed by atoms with Crippen LogP contribution in [-0.2, 0) is 6.54 Å². The van der Waals surface area contributed by atoms with Crippen LogP contribution >= 0.6 is 35.0 Å². The zero-order valence-corrected chi connectivity index (χ0v) is 19.6. The van der Waals surface area contributed by atoms with E-state index >= 15 is 0 Å². The lowest BCUT2D eigenvalue weighted by Gasteiger charge is -2.20. The quantitative estimate of drug-likeness (QED) is 0.251. The number of thioether (sulfide) groups is 1. The first kappa shape index (κ1) is 24.8.